The molecule has 0 aromatic heterocycles. The number of aliphatic imine (C=N–C) groups is 1. The number of nitrogens with one attached hydrogen (secondary N) is 1. The summed E-state index contributed by atoms with van der Waals surface area (Å²) in [6.07, 6.45) is 0.493. The van der Waals surface area contributed by atoms with Gasteiger partial charge in [0.25, 0.3) is 11.7 Å². The fraction of sp³-hybridized carbons (Fsp3) is 0.604. The Morgan fingerprint density at radius 3 is 2.17 bits per heavy atom. The van der Waals surface area contributed by atoms with E-state index in [0.717, 1.165) is 11.8 Å². The van der Waals surface area contributed by atoms with Gasteiger partial charge in [0.05, 0.1) is 47.4 Å². The molecule has 1 saturated heterocycles. The molecule has 418 valence electrons. The predicted octanol–water partition coefficient (Wildman–Crippen LogP) is 5.31. The van der Waals surface area contributed by atoms with Crippen molar-refractivity contribution in [3.8, 4) is 11.5 Å². The fourth-order valence-corrected chi connectivity index (χ4v) is 11.2. The third-order valence-corrected chi connectivity index (χ3v) is 16.5. The monoisotopic (exact) mass is 1080 g/mol. The van der Waals surface area contributed by atoms with Crippen molar-refractivity contribution in [3.63, 3.8) is 0 Å². The van der Waals surface area contributed by atoms with Crippen LogP contribution in [0.3, 0.4) is 0 Å². The van der Waals surface area contributed by atoms with E-state index in [1.165, 1.54) is 46.1 Å². The zero-order valence-corrected chi connectivity index (χ0v) is 45.9. The number of allylic oxidation sites excluding steroid dienone is 3. The molecule has 0 radical (unpaired) electrons. The number of phenolic OH excluding ortho intramolecular Hbond substituents is 1. The van der Waals surface area contributed by atoms with Crippen molar-refractivity contribution in [1.29, 1.82) is 0 Å². The number of aromatic hydroxyl groups is 1. The average molecular weight is 1090 g/mol. The van der Waals surface area contributed by atoms with E-state index in [4.69, 9.17) is 28.7 Å². The van der Waals surface area contributed by atoms with Gasteiger partial charge in [-0.1, -0.05) is 66.7 Å². The quantitative estimate of drug-likeness (QED) is 0.0713. The number of likely N-dealkylation sites (tertiary alicyclic amines) is 1. The molecule has 0 saturated carbocycles. The third-order valence-electron chi connectivity index (χ3n) is 15.3. The Morgan fingerprint density at radius 1 is 0.934 bits per heavy atom. The maximum Gasteiger partial charge on any atom is 0.415 e. The smallest absolute Gasteiger partial charge is 0.415 e. The Labute approximate surface area is 442 Å². The second-order valence-corrected chi connectivity index (χ2v) is 23.3. The number of hydrogen-bond donors (Lipinski definition) is 7. The van der Waals surface area contributed by atoms with Gasteiger partial charge < -0.3 is 68.9 Å². The summed E-state index contributed by atoms with van der Waals surface area (Å²) in [5, 5.41) is 50.7. The summed E-state index contributed by atoms with van der Waals surface area (Å²) in [5.41, 5.74) is -4.61. The minimum absolute atomic E-state index is 0.00268. The molecule has 76 heavy (non-hydrogen) atoms. The SMILES string of the molecule is CC(=O)O[C@H]1[C@H](C)[C@H](O)[C@H](C)[C@@H](O)[C@@H](C)/C=C/C=C(/C)C(=O)NC2=C(O)c3c(O)c(C)c4c(c3C3=NC5(CCN(CC(C)C)CC5)N(C(=O)OC(C)OC(=O)CC(C=O)P(=O)(O)O)C32)C(=O)[C@@](C)(O/C=C/[C@H](C)[C@H]1C)O4. The zero-order chi connectivity index (χ0) is 56.7. The third kappa shape index (κ3) is 11.8. The standard InChI is InChI=1S/C53H73N4O18P/c1-25(2)23-56-19-17-53(18-20-56)55-40-37-38-45(63)32(9)48-39(37)49(65)52(12,75-48)71-21-16-26(3)29(6)47(72-33(10)59)31(8)44(62)30(7)43(61)27(4)14-13-15-28(5)50(66)54-41(46(38)64)42(40)57(53)51(67)74-34(11)73-36(60)22-35(24-58)76(68,69)70/h13-16,21,24-27,29-31,34-35,42-44,47,61-64H,17-20,22-23H2,1-12H3,(H,54,66)(H2,68,69,70)/b14-13+,21-16+,28-15-/t26-,27-,29+,30+,31+,34?,35?,42?,43-,44+,47+,52-/m0/s1. The van der Waals surface area contributed by atoms with Crippen LogP contribution >= 0.6 is 7.60 Å². The molecule has 7 N–H and O–H groups in total. The number of fused-ring (bicyclic) bond motifs is 13. The summed E-state index contributed by atoms with van der Waals surface area (Å²) in [5.74, 6) is -9.69. The minimum atomic E-state index is -5.07. The second-order valence-electron chi connectivity index (χ2n) is 21.4. The first kappa shape index (κ1) is 59.3. The number of Topliss-reactive ketones (excluding diaryl/α,β-unsaturated/α-hetero) is 1. The maximum absolute atomic E-state index is 15.1. The molecule has 5 heterocycles. The number of benzene rings is 1. The van der Waals surface area contributed by atoms with E-state index < -0.39 is 133 Å². The molecule has 1 aromatic carbocycles. The largest absolute Gasteiger partial charge is 0.507 e. The Hall–Kier alpha value is -5.90. The van der Waals surface area contributed by atoms with Crippen molar-refractivity contribution >= 4 is 55.1 Å². The van der Waals surface area contributed by atoms with Crippen LogP contribution in [0.4, 0.5) is 4.79 Å². The van der Waals surface area contributed by atoms with Crippen molar-refractivity contribution < 1.29 is 87.2 Å². The highest BCUT2D eigenvalue weighted by molar-refractivity contribution is 7.53. The molecule has 3 unspecified atom stereocenters. The van der Waals surface area contributed by atoms with Gasteiger partial charge in [-0.3, -0.25) is 33.6 Å². The Kier molecular flexibility index (Phi) is 17.9. The van der Waals surface area contributed by atoms with Crippen LogP contribution in [0.5, 0.6) is 11.5 Å². The van der Waals surface area contributed by atoms with Gasteiger partial charge in [-0.2, -0.15) is 0 Å². The van der Waals surface area contributed by atoms with Gasteiger partial charge in [0.2, 0.25) is 6.29 Å². The van der Waals surface area contributed by atoms with Crippen LogP contribution in [-0.4, -0.2) is 149 Å². The molecule has 12 atom stereocenters. The number of carbonyl (C=O) groups is 6. The number of rotatable bonds is 9. The van der Waals surface area contributed by atoms with Crippen LogP contribution in [0.15, 0.2) is 46.8 Å². The lowest BCUT2D eigenvalue weighted by Gasteiger charge is -2.45. The van der Waals surface area contributed by atoms with Gasteiger partial charge in [0.15, 0.2) is 0 Å². The highest BCUT2D eigenvalue weighted by atomic mass is 31.2. The molecule has 7 rings (SSSR count). The van der Waals surface area contributed by atoms with E-state index in [0.29, 0.717) is 19.6 Å². The van der Waals surface area contributed by atoms with Crippen molar-refractivity contribution in [2.24, 2.45) is 40.5 Å². The lowest BCUT2D eigenvalue weighted by molar-refractivity contribution is -0.167. The van der Waals surface area contributed by atoms with Crippen molar-refractivity contribution in [3.05, 3.63) is 64.1 Å². The Balaban J connectivity index is 1.54. The number of esters is 2. The average Bonchev–Trinajstić information content (AvgIpc) is 3.81. The van der Waals surface area contributed by atoms with Gasteiger partial charge in [-0.15, -0.1) is 0 Å². The number of nitrogens with zero attached hydrogens (tertiary/aromatic N) is 3. The van der Waals surface area contributed by atoms with E-state index in [1.54, 1.807) is 32.9 Å². The molecule has 1 aromatic rings. The molecule has 1 fully saturated rings. The summed E-state index contributed by atoms with van der Waals surface area (Å²) in [6.45, 7) is 20.9. The molecule has 23 heteroatoms. The zero-order valence-electron chi connectivity index (χ0n) is 45.0. The van der Waals surface area contributed by atoms with Crippen LogP contribution in [0, 0.1) is 42.4 Å². The number of hydrogen-bond acceptors (Lipinski definition) is 18. The van der Waals surface area contributed by atoms with Crippen LogP contribution < -0.4 is 10.1 Å². The molecular formula is C53H73N4O18P. The highest BCUT2D eigenvalue weighted by Gasteiger charge is 2.60. The van der Waals surface area contributed by atoms with E-state index in [9.17, 15) is 54.0 Å². The first-order chi connectivity index (χ1) is 35.4. The van der Waals surface area contributed by atoms with Gasteiger partial charge in [-0.25, -0.2) is 4.79 Å². The minimum Gasteiger partial charge on any atom is -0.507 e. The molecule has 2 amide bonds. The number of amides is 2. The first-order valence-electron chi connectivity index (χ1n) is 25.5. The molecular weight excluding hydrogens is 1010 g/mol. The summed E-state index contributed by atoms with van der Waals surface area (Å²) in [4.78, 5) is 109. The summed E-state index contributed by atoms with van der Waals surface area (Å²) in [6, 6.07) is -1.60. The van der Waals surface area contributed by atoms with Crippen molar-refractivity contribution in [1.82, 2.24) is 15.1 Å². The molecule has 1 aliphatic carbocycles. The second kappa shape index (κ2) is 23.0. The number of aliphatic hydroxyl groups excluding tert-OH is 3. The molecule has 22 nitrogen and oxygen atoms in total. The lowest BCUT2D eigenvalue weighted by atomic mass is 9.77. The number of aliphatic hydroxyl groups is 3. The summed E-state index contributed by atoms with van der Waals surface area (Å²) in [7, 11) is -5.07. The van der Waals surface area contributed by atoms with E-state index in [2.05, 4.69) is 10.2 Å². The van der Waals surface area contributed by atoms with E-state index >= 15 is 9.59 Å². The van der Waals surface area contributed by atoms with E-state index in [-0.39, 0.29) is 70.0 Å². The summed E-state index contributed by atoms with van der Waals surface area (Å²) >= 11 is 0. The van der Waals surface area contributed by atoms with Gasteiger partial charge in [0.1, 0.15) is 47.0 Å². The normalized spacial score (nSPS) is 31.4. The lowest BCUT2D eigenvalue weighted by Crippen LogP contribution is -2.59. The van der Waals surface area contributed by atoms with Crippen LogP contribution in [-0.2, 0) is 42.7 Å². The summed E-state index contributed by atoms with van der Waals surface area (Å²) < 4.78 is 41.1. The predicted molar refractivity (Wildman–Crippen MR) is 274 cm³/mol. The Morgan fingerprint density at radius 2 is 1.58 bits per heavy atom. The van der Waals surface area contributed by atoms with Crippen LogP contribution in [0.1, 0.15) is 122 Å². The number of phenols is 1. The number of ketones is 1. The number of aldehydes is 1. The van der Waals surface area contributed by atoms with Gasteiger partial charge in [0, 0.05) is 87.7 Å². The number of piperidine rings is 1. The topological polar surface area (TPSA) is 318 Å². The Bertz CT molecular complexity index is 2680. The maximum atomic E-state index is 15.1. The number of carbonyl (C=O) groups excluding carboxylic acids is 6. The van der Waals surface area contributed by atoms with Gasteiger partial charge in [-0.05, 0) is 37.7 Å². The van der Waals surface area contributed by atoms with Crippen molar-refractivity contribution in [2.75, 3.05) is 19.6 Å². The first-order valence-corrected chi connectivity index (χ1v) is 27.2. The fourth-order valence-electron chi connectivity index (χ4n) is 10.7. The molecule has 1 spiro atoms. The van der Waals surface area contributed by atoms with Crippen LogP contribution in [0.2, 0.25) is 0 Å². The van der Waals surface area contributed by atoms with E-state index in [1.807, 2.05) is 27.7 Å². The molecule has 5 aliphatic heterocycles. The molecule has 5 bridgehead atoms. The highest BCUT2D eigenvalue weighted by Crippen LogP contribution is 2.54. The number of ether oxygens (including phenoxy) is 5. The van der Waals surface area contributed by atoms with Gasteiger partial charge >= 0.3 is 31.4 Å². The van der Waals surface area contributed by atoms with Crippen LogP contribution in [0.25, 0.3) is 5.76 Å². The van der Waals surface area contributed by atoms with Crippen molar-refractivity contribution in [2.45, 2.75) is 150 Å². The molecule has 6 aliphatic rings.